The fraction of sp³-hybridized carbons (Fsp3) is 0.438. The molecule has 1 N–H and O–H groups in total. The zero-order valence-electron chi connectivity index (χ0n) is 12.9. The SMILES string of the molecule is Cc1ccc(-c2cnc(CN3CCNC[C@@H]3C)o2)cc1.Cl.Cl. The molecule has 6 heteroatoms. The summed E-state index contributed by atoms with van der Waals surface area (Å²) >= 11 is 0. The highest BCUT2D eigenvalue weighted by atomic mass is 35.5. The predicted molar refractivity (Wildman–Crippen MR) is 93.9 cm³/mol. The van der Waals surface area contributed by atoms with Gasteiger partial charge in [0.1, 0.15) is 0 Å². The molecule has 1 fully saturated rings. The quantitative estimate of drug-likeness (QED) is 0.928. The summed E-state index contributed by atoms with van der Waals surface area (Å²) in [6.07, 6.45) is 1.83. The monoisotopic (exact) mass is 343 g/mol. The van der Waals surface area contributed by atoms with Crippen molar-refractivity contribution in [3.63, 3.8) is 0 Å². The maximum Gasteiger partial charge on any atom is 0.209 e. The standard InChI is InChI=1S/C16H21N3O.2ClH/c1-12-3-5-14(6-4-12)15-10-18-16(20-15)11-19-8-7-17-9-13(19)2;;/h3-6,10,13,17H,7-9,11H2,1-2H3;2*1H/t13-;;/m0../s1. The van der Waals surface area contributed by atoms with Gasteiger partial charge in [-0.05, 0) is 13.8 Å². The van der Waals surface area contributed by atoms with Crippen LogP contribution in [0.15, 0.2) is 34.9 Å². The van der Waals surface area contributed by atoms with E-state index in [2.05, 4.69) is 53.3 Å². The lowest BCUT2D eigenvalue weighted by Gasteiger charge is -2.32. The van der Waals surface area contributed by atoms with Crippen molar-refractivity contribution >= 4 is 24.8 Å². The molecule has 1 atom stereocenters. The second-order valence-electron chi connectivity index (χ2n) is 5.51. The number of aromatic nitrogens is 1. The summed E-state index contributed by atoms with van der Waals surface area (Å²) in [7, 11) is 0. The average molecular weight is 344 g/mol. The number of piperazine rings is 1. The lowest BCUT2D eigenvalue weighted by atomic mass is 10.1. The van der Waals surface area contributed by atoms with Gasteiger partial charge in [-0.2, -0.15) is 0 Å². The van der Waals surface area contributed by atoms with E-state index in [4.69, 9.17) is 4.42 Å². The largest absolute Gasteiger partial charge is 0.439 e. The Morgan fingerprint density at radius 3 is 2.68 bits per heavy atom. The van der Waals surface area contributed by atoms with E-state index in [0.29, 0.717) is 6.04 Å². The van der Waals surface area contributed by atoms with Crippen molar-refractivity contribution in [2.24, 2.45) is 0 Å². The first kappa shape index (κ1) is 19.0. The number of nitrogens with one attached hydrogen (secondary N) is 1. The highest BCUT2D eigenvalue weighted by Crippen LogP contribution is 2.21. The number of halogens is 2. The van der Waals surface area contributed by atoms with Crippen molar-refractivity contribution in [1.29, 1.82) is 0 Å². The Morgan fingerprint density at radius 2 is 2.00 bits per heavy atom. The van der Waals surface area contributed by atoms with Crippen LogP contribution in [-0.2, 0) is 6.54 Å². The highest BCUT2D eigenvalue weighted by Gasteiger charge is 2.19. The molecule has 0 aliphatic carbocycles. The van der Waals surface area contributed by atoms with Crippen LogP contribution >= 0.6 is 24.8 Å². The van der Waals surface area contributed by atoms with Crippen molar-refractivity contribution < 1.29 is 4.42 Å². The molecular weight excluding hydrogens is 321 g/mol. The van der Waals surface area contributed by atoms with E-state index >= 15 is 0 Å². The summed E-state index contributed by atoms with van der Waals surface area (Å²) in [6.45, 7) is 8.22. The molecule has 1 aliphatic rings. The number of hydrogen-bond donors (Lipinski definition) is 1. The molecule has 0 spiro atoms. The highest BCUT2D eigenvalue weighted by molar-refractivity contribution is 5.85. The number of benzene rings is 1. The molecule has 0 amide bonds. The molecule has 1 aliphatic heterocycles. The van der Waals surface area contributed by atoms with Gasteiger partial charge in [0.15, 0.2) is 5.76 Å². The molecular formula is C16H23Cl2N3O. The molecule has 0 unspecified atom stereocenters. The summed E-state index contributed by atoms with van der Waals surface area (Å²) in [6, 6.07) is 8.87. The van der Waals surface area contributed by atoms with Gasteiger partial charge >= 0.3 is 0 Å². The molecule has 0 radical (unpaired) electrons. The van der Waals surface area contributed by atoms with E-state index in [1.807, 2.05) is 6.20 Å². The molecule has 1 aromatic carbocycles. The van der Waals surface area contributed by atoms with Gasteiger partial charge in [-0.1, -0.05) is 29.8 Å². The van der Waals surface area contributed by atoms with Gasteiger partial charge in [-0.3, -0.25) is 4.90 Å². The van der Waals surface area contributed by atoms with Gasteiger partial charge in [0.25, 0.3) is 0 Å². The van der Waals surface area contributed by atoms with Crippen LogP contribution in [0.3, 0.4) is 0 Å². The molecule has 0 bridgehead atoms. The maximum atomic E-state index is 5.89. The first-order valence-electron chi connectivity index (χ1n) is 7.19. The third-order valence-corrected chi connectivity index (χ3v) is 3.87. The van der Waals surface area contributed by atoms with Crippen molar-refractivity contribution in [2.75, 3.05) is 19.6 Å². The minimum atomic E-state index is 0. The van der Waals surface area contributed by atoms with Crippen LogP contribution in [0.2, 0.25) is 0 Å². The Morgan fingerprint density at radius 1 is 1.27 bits per heavy atom. The molecule has 1 aromatic heterocycles. The third kappa shape index (κ3) is 4.46. The predicted octanol–water partition coefficient (Wildman–Crippen LogP) is 3.29. The molecule has 2 aromatic rings. The topological polar surface area (TPSA) is 41.3 Å². The first-order valence-corrected chi connectivity index (χ1v) is 7.19. The van der Waals surface area contributed by atoms with Gasteiger partial charge in [0.2, 0.25) is 5.89 Å². The lowest BCUT2D eigenvalue weighted by Crippen LogP contribution is -2.49. The fourth-order valence-electron chi connectivity index (χ4n) is 2.53. The van der Waals surface area contributed by atoms with E-state index in [0.717, 1.165) is 43.4 Å². The minimum absolute atomic E-state index is 0. The van der Waals surface area contributed by atoms with E-state index in [1.54, 1.807) is 0 Å². The van der Waals surface area contributed by atoms with Crippen LogP contribution in [0.5, 0.6) is 0 Å². The van der Waals surface area contributed by atoms with Crippen LogP contribution in [0, 0.1) is 6.92 Å². The number of nitrogens with zero attached hydrogens (tertiary/aromatic N) is 2. The first-order chi connectivity index (χ1) is 9.72. The van der Waals surface area contributed by atoms with Gasteiger partial charge in [-0.15, -0.1) is 24.8 Å². The van der Waals surface area contributed by atoms with Crippen molar-refractivity contribution in [3.05, 3.63) is 41.9 Å². The number of oxazole rings is 1. The third-order valence-electron chi connectivity index (χ3n) is 3.87. The molecule has 22 heavy (non-hydrogen) atoms. The number of aryl methyl sites for hydroxylation is 1. The molecule has 122 valence electrons. The van der Waals surface area contributed by atoms with Gasteiger partial charge in [0, 0.05) is 31.2 Å². The van der Waals surface area contributed by atoms with E-state index in [-0.39, 0.29) is 24.8 Å². The Labute approximate surface area is 144 Å². The molecule has 0 saturated carbocycles. The minimum Gasteiger partial charge on any atom is -0.439 e. The van der Waals surface area contributed by atoms with Gasteiger partial charge in [0.05, 0.1) is 12.7 Å². The molecule has 3 rings (SSSR count). The smallest absolute Gasteiger partial charge is 0.209 e. The summed E-state index contributed by atoms with van der Waals surface area (Å²) < 4.78 is 5.89. The Hall–Kier alpha value is -1.07. The van der Waals surface area contributed by atoms with Crippen molar-refractivity contribution in [1.82, 2.24) is 15.2 Å². The normalized spacial score (nSPS) is 18.4. The fourth-order valence-corrected chi connectivity index (χ4v) is 2.53. The van der Waals surface area contributed by atoms with Crippen molar-refractivity contribution in [2.45, 2.75) is 26.4 Å². The van der Waals surface area contributed by atoms with Crippen LogP contribution < -0.4 is 5.32 Å². The second-order valence-corrected chi connectivity index (χ2v) is 5.51. The van der Waals surface area contributed by atoms with Crippen molar-refractivity contribution in [3.8, 4) is 11.3 Å². The summed E-state index contributed by atoms with van der Waals surface area (Å²) in [5.74, 6) is 1.65. The lowest BCUT2D eigenvalue weighted by molar-refractivity contribution is 0.151. The summed E-state index contributed by atoms with van der Waals surface area (Å²) in [5, 5.41) is 3.39. The van der Waals surface area contributed by atoms with Gasteiger partial charge < -0.3 is 9.73 Å². The Kier molecular flexibility index (Phi) is 7.36. The molecule has 4 nitrogen and oxygen atoms in total. The van der Waals surface area contributed by atoms with Crippen LogP contribution in [0.1, 0.15) is 18.4 Å². The zero-order valence-corrected chi connectivity index (χ0v) is 14.5. The molecule has 2 heterocycles. The second kappa shape index (κ2) is 8.53. The average Bonchev–Trinajstić information content (AvgIpc) is 2.91. The van der Waals surface area contributed by atoms with Crippen LogP contribution in [0.4, 0.5) is 0 Å². The number of rotatable bonds is 3. The maximum absolute atomic E-state index is 5.89. The van der Waals surface area contributed by atoms with Gasteiger partial charge in [-0.25, -0.2) is 4.98 Å². The number of hydrogen-bond acceptors (Lipinski definition) is 4. The zero-order chi connectivity index (χ0) is 13.9. The van der Waals surface area contributed by atoms with E-state index < -0.39 is 0 Å². The van der Waals surface area contributed by atoms with E-state index in [1.165, 1.54) is 5.56 Å². The summed E-state index contributed by atoms with van der Waals surface area (Å²) in [4.78, 5) is 6.82. The van der Waals surface area contributed by atoms with E-state index in [9.17, 15) is 0 Å². The van der Waals surface area contributed by atoms with Crippen LogP contribution in [0.25, 0.3) is 11.3 Å². The molecule has 1 saturated heterocycles. The Bertz CT molecular complexity index is 571. The summed E-state index contributed by atoms with van der Waals surface area (Å²) in [5.41, 5.74) is 2.34. The van der Waals surface area contributed by atoms with Crippen LogP contribution in [-0.4, -0.2) is 35.6 Å². The Balaban J connectivity index is 0.00000121.